The number of nitrogens with zero attached hydrogens (tertiary/aromatic N) is 4. The lowest BCUT2D eigenvalue weighted by atomic mass is 9.97. The second-order valence-corrected chi connectivity index (χ2v) is 10.3. The van der Waals surface area contributed by atoms with E-state index in [2.05, 4.69) is 30.1 Å². The topological polar surface area (TPSA) is 159 Å². The first-order chi connectivity index (χ1) is 18.5. The summed E-state index contributed by atoms with van der Waals surface area (Å²) >= 11 is 0. The Bertz CT molecular complexity index is 1430. The Morgan fingerprint density at radius 2 is 2.10 bits per heavy atom. The van der Waals surface area contributed by atoms with Crippen LogP contribution in [0.1, 0.15) is 19.0 Å². The molecule has 0 bridgehead atoms. The molecule has 1 aromatic carbocycles. The zero-order chi connectivity index (χ0) is 28.4. The maximum Gasteiger partial charge on any atom is 0.459 e. The van der Waals surface area contributed by atoms with Gasteiger partial charge in [-0.25, -0.2) is 23.9 Å². The highest BCUT2D eigenvalue weighted by Gasteiger charge is 2.58. The zero-order valence-corrected chi connectivity index (χ0v) is 22.5. The van der Waals surface area contributed by atoms with E-state index in [1.54, 1.807) is 32.2 Å². The van der Waals surface area contributed by atoms with Gasteiger partial charge in [-0.1, -0.05) is 24.1 Å². The molecule has 1 aliphatic heterocycles. The number of para-hydroxylation sites is 1. The number of benzene rings is 1. The lowest BCUT2D eigenvalue weighted by Gasteiger charge is -2.24. The zero-order valence-electron chi connectivity index (χ0n) is 21.6. The molecule has 1 fully saturated rings. The smallest absolute Gasteiger partial charge is 0.459 e. The number of aryl methyl sites for hydroxylation is 1. The summed E-state index contributed by atoms with van der Waals surface area (Å²) in [5, 5.41) is 16.2. The number of halogens is 1. The van der Waals surface area contributed by atoms with Crippen LogP contribution in [0.3, 0.4) is 0 Å². The molecule has 3 N–H and O–H groups in total. The van der Waals surface area contributed by atoms with E-state index >= 15 is 4.39 Å². The summed E-state index contributed by atoms with van der Waals surface area (Å²) < 4.78 is 52.5. The molecular weight excluding hydrogens is 534 g/mol. The number of rotatable bonds is 10. The van der Waals surface area contributed by atoms with Crippen molar-refractivity contribution in [3.05, 3.63) is 42.5 Å². The number of terminal acetylenes is 1. The molecule has 6 atom stereocenters. The molecule has 3 heterocycles. The molecule has 39 heavy (non-hydrogen) atoms. The number of ether oxygens (including phenoxy) is 2. The van der Waals surface area contributed by atoms with Gasteiger partial charge in [0, 0.05) is 7.05 Å². The number of aliphatic hydroxyl groups is 1. The molecule has 13 nitrogen and oxygen atoms in total. The number of fused-ring (bicyclic) bond motifs is 1. The van der Waals surface area contributed by atoms with E-state index in [0.29, 0.717) is 17.2 Å². The molecule has 2 aromatic heterocycles. The molecule has 0 spiro atoms. The number of carbonyl (C=O) groups is 1. The average Bonchev–Trinajstić information content (AvgIpc) is 3.45. The van der Waals surface area contributed by atoms with Crippen molar-refractivity contribution >= 4 is 30.7 Å². The maximum atomic E-state index is 16.1. The number of carbonyl (C=O) groups excluding carboxylic acids is 1. The molecule has 0 radical (unpaired) electrons. The molecule has 1 unspecified atom stereocenters. The van der Waals surface area contributed by atoms with E-state index in [-0.39, 0.29) is 11.4 Å². The number of nitrogens with one attached hydrogen (secondary N) is 2. The maximum absolute atomic E-state index is 16.1. The number of methoxy groups -OCH3 is 1. The fourth-order valence-corrected chi connectivity index (χ4v) is 5.53. The fourth-order valence-electron chi connectivity index (χ4n) is 4.03. The number of anilines is 1. The van der Waals surface area contributed by atoms with Crippen LogP contribution in [0.15, 0.2) is 36.7 Å². The van der Waals surface area contributed by atoms with Crippen molar-refractivity contribution in [2.45, 2.75) is 44.0 Å². The number of hydrogen-bond donors (Lipinski definition) is 3. The van der Waals surface area contributed by atoms with Gasteiger partial charge < -0.3 is 24.4 Å². The molecule has 4 rings (SSSR count). The van der Waals surface area contributed by atoms with Gasteiger partial charge >= 0.3 is 13.7 Å². The summed E-state index contributed by atoms with van der Waals surface area (Å²) in [6, 6.07) is 6.95. The number of esters is 1. The van der Waals surface area contributed by atoms with E-state index < -0.39 is 50.5 Å². The second-order valence-electron chi connectivity index (χ2n) is 8.65. The molecule has 0 amide bonds. The monoisotopic (exact) mass is 562 g/mol. The highest BCUT2D eigenvalue weighted by atomic mass is 31.2. The van der Waals surface area contributed by atoms with Gasteiger partial charge in [0.25, 0.3) is 0 Å². The number of imidazole rings is 1. The quantitative estimate of drug-likeness (QED) is 0.188. The van der Waals surface area contributed by atoms with Crippen molar-refractivity contribution in [3.8, 4) is 18.1 Å². The lowest BCUT2D eigenvalue weighted by Crippen LogP contribution is -2.42. The summed E-state index contributed by atoms with van der Waals surface area (Å²) in [7, 11) is -1.48. The minimum atomic E-state index is -4.29. The van der Waals surface area contributed by atoms with E-state index in [9.17, 15) is 14.5 Å². The third-order valence-electron chi connectivity index (χ3n) is 5.97. The molecule has 0 aliphatic carbocycles. The van der Waals surface area contributed by atoms with Crippen LogP contribution in [0, 0.1) is 19.3 Å². The second kappa shape index (κ2) is 11.3. The molecule has 208 valence electrons. The van der Waals surface area contributed by atoms with Crippen LogP contribution in [0.2, 0.25) is 0 Å². The number of aliphatic hydroxyl groups excluding tert-OH is 1. The number of alkyl halides is 1. The minimum Gasteiger partial charge on any atom is -0.468 e. The number of hydrogen-bond acceptors (Lipinski definition) is 11. The Morgan fingerprint density at radius 3 is 2.74 bits per heavy atom. The summed E-state index contributed by atoms with van der Waals surface area (Å²) in [4.78, 5) is 24.8. The van der Waals surface area contributed by atoms with Crippen LogP contribution in [0.25, 0.3) is 11.2 Å². The van der Waals surface area contributed by atoms with Crippen molar-refractivity contribution in [2.75, 3.05) is 26.1 Å². The Labute approximate surface area is 223 Å². The Kier molecular flexibility index (Phi) is 8.20. The minimum absolute atomic E-state index is 0.167. The van der Waals surface area contributed by atoms with Crippen molar-refractivity contribution in [1.29, 1.82) is 0 Å². The van der Waals surface area contributed by atoms with E-state index in [1.807, 2.05) is 5.92 Å². The molecule has 3 aromatic rings. The van der Waals surface area contributed by atoms with Crippen molar-refractivity contribution in [1.82, 2.24) is 24.6 Å². The summed E-state index contributed by atoms with van der Waals surface area (Å²) in [6.07, 6.45) is 1.92. The summed E-state index contributed by atoms with van der Waals surface area (Å²) in [6.45, 7) is 2.42. The van der Waals surface area contributed by atoms with E-state index in [1.165, 1.54) is 37.1 Å². The van der Waals surface area contributed by atoms with Crippen LogP contribution in [-0.4, -0.2) is 75.3 Å². The predicted octanol–water partition coefficient (Wildman–Crippen LogP) is 2.13. The van der Waals surface area contributed by atoms with E-state index in [4.69, 9.17) is 20.2 Å². The Hall–Kier alpha value is -3.60. The first kappa shape index (κ1) is 28.4. The third-order valence-corrected chi connectivity index (χ3v) is 7.62. The highest BCUT2D eigenvalue weighted by Crippen LogP contribution is 2.48. The van der Waals surface area contributed by atoms with Gasteiger partial charge in [0.05, 0.1) is 20.0 Å². The van der Waals surface area contributed by atoms with Gasteiger partial charge in [-0.15, -0.1) is 6.42 Å². The molecule has 1 saturated heterocycles. The first-order valence-corrected chi connectivity index (χ1v) is 13.3. The largest absolute Gasteiger partial charge is 0.468 e. The van der Waals surface area contributed by atoms with Crippen molar-refractivity contribution in [2.24, 2.45) is 0 Å². The first-order valence-electron chi connectivity index (χ1n) is 11.8. The summed E-state index contributed by atoms with van der Waals surface area (Å²) in [5.74, 6) is 2.20. The van der Waals surface area contributed by atoms with Crippen LogP contribution < -0.4 is 14.9 Å². The van der Waals surface area contributed by atoms with Crippen LogP contribution >= 0.6 is 7.75 Å². The standard InChI is InChI=1S/C24H28FN6O7P/c1-6-24(25)19(32)17(37-23(24)31-13-27-18-20(26-4)28-15(3)29-21(18)31)12-36-39(34,30-14(2)22(33)35-5)38-16-10-8-7-9-11-16/h1,7-11,13-14,17,19,23,32H,12H2,2-5H3,(H,30,34)(H,26,28,29)/t14-,17-,19-,23-,24-,39?/m1/s1. The van der Waals surface area contributed by atoms with Crippen LogP contribution in [-0.2, 0) is 23.4 Å². The number of aromatic nitrogens is 4. The van der Waals surface area contributed by atoms with Gasteiger partial charge in [0.2, 0.25) is 5.67 Å². The lowest BCUT2D eigenvalue weighted by molar-refractivity contribution is -0.142. The Morgan fingerprint density at radius 1 is 1.38 bits per heavy atom. The molecule has 1 aliphatic rings. The predicted molar refractivity (Wildman–Crippen MR) is 137 cm³/mol. The average molecular weight is 562 g/mol. The van der Waals surface area contributed by atoms with Gasteiger partial charge in [-0.2, -0.15) is 5.09 Å². The molecule has 15 heteroatoms. The van der Waals surface area contributed by atoms with Gasteiger partial charge in [0.15, 0.2) is 23.2 Å². The van der Waals surface area contributed by atoms with Gasteiger partial charge in [-0.3, -0.25) is 13.9 Å². The van der Waals surface area contributed by atoms with Crippen LogP contribution in [0.5, 0.6) is 5.75 Å². The van der Waals surface area contributed by atoms with Crippen molar-refractivity contribution < 1.29 is 37.4 Å². The van der Waals surface area contributed by atoms with Gasteiger partial charge in [0.1, 0.15) is 29.8 Å². The van der Waals surface area contributed by atoms with Crippen molar-refractivity contribution in [3.63, 3.8) is 0 Å². The van der Waals surface area contributed by atoms with E-state index in [0.717, 1.165) is 0 Å². The normalized spacial score (nSPS) is 25.0. The fraction of sp³-hybridized carbons (Fsp3) is 0.417. The molecule has 0 saturated carbocycles. The highest BCUT2D eigenvalue weighted by molar-refractivity contribution is 7.52. The Balaban J connectivity index is 1.61. The molecular formula is C24H28FN6O7P. The summed E-state index contributed by atoms with van der Waals surface area (Å²) in [5.41, 5.74) is -2.19. The third kappa shape index (κ3) is 5.59. The van der Waals surface area contributed by atoms with Gasteiger partial charge in [-0.05, 0) is 26.0 Å². The van der Waals surface area contributed by atoms with Crippen LogP contribution in [0.4, 0.5) is 10.2 Å². The SMILES string of the molecule is C#C[C@@]1(F)[C@H](O)[C@@H](COP(=O)(N[C@H](C)C(=O)OC)Oc2ccccc2)O[C@H]1n1cnc2c(NC)nc(C)nc21.